The van der Waals surface area contributed by atoms with Gasteiger partial charge in [-0.15, -0.1) is 0 Å². The molecule has 0 unspecified atom stereocenters. The van der Waals surface area contributed by atoms with E-state index in [1.165, 1.54) is 11.8 Å². The van der Waals surface area contributed by atoms with Crippen molar-refractivity contribution in [3.8, 4) is 0 Å². The number of hydrogen-bond donors (Lipinski definition) is 2. The summed E-state index contributed by atoms with van der Waals surface area (Å²) in [5, 5.41) is 17.0. The molecule has 2 N–H and O–H groups in total. The summed E-state index contributed by atoms with van der Waals surface area (Å²) in [7, 11) is 0. The van der Waals surface area contributed by atoms with E-state index in [-0.39, 0.29) is 5.75 Å². The molecule has 0 aromatic rings. The molecule has 0 saturated heterocycles. The number of aliphatic carboxylic acids is 2. The molecule has 0 rings (SSSR count). The van der Waals surface area contributed by atoms with Crippen LogP contribution in [0.4, 0.5) is 0 Å². The third kappa shape index (κ3) is 5.52. The highest BCUT2D eigenvalue weighted by Gasteiger charge is 2.24. The van der Waals surface area contributed by atoms with Crippen LogP contribution >= 0.6 is 11.8 Å². The lowest BCUT2D eigenvalue weighted by molar-refractivity contribution is -0.153. The molecule has 0 fully saturated rings. The van der Waals surface area contributed by atoms with E-state index in [2.05, 4.69) is 0 Å². The maximum Gasteiger partial charge on any atom is 0.318 e. The summed E-state index contributed by atoms with van der Waals surface area (Å²) in [6.07, 6.45) is 2.04. The highest BCUT2D eigenvalue weighted by atomic mass is 32.2. The fourth-order valence-electron chi connectivity index (χ4n) is 0.696. The first-order chi connectivity index (χ1) is 6.09. The molecule has 0 aromatic heterocycles. The van der Waals surface area contributed by atoms with Crippen molar-refractivity contribution in [3.63, 3.8) is 0 Å². The van der Waals surface area contributed by atoms with Gasteiger partial charge in [0.05, 0.1) is 0 Å². The molecule has 0 aliphatic heterocycles. The maximum absolute atomic E-state index is 10.4. The Labute approximate surface area is 81.3 Å². The van der Waals surface area contributed by atoms with Crippen LogP contribution in [0.2, 0.25) is 0 Å². The van der Waals surface area contributed by atoms with Crippen LogP contribution in [0.15, 0.2) is 0 Å². The Hall–Kier alpha value is -0.710. The number of unbranched alkanes of at least 4 members (excludes halogenated alkanes) is 1. The van der Waals surface area contributed by atoms with Crippen LogP contribution in [0, 0.1) is 5.92 Å². The van der Waals surface area contributed by atoms with Gasteiger partial charge in [-0.25, -0.2) is 0 Å². The van der Waals surface area contributed by atoms with E-state index in [9.17, 15) is 9.59 Å². The average molecular weight is 206 g/mol. The molecule has 0 aliphatic carbocycles. The van der Waals surface area contributed by atoms with Gasteiger partial charge in [0.25, 0.3) is 0 Å². The molecule has 13 heavy (non-hydrogen) atoms. The van der Waals surface area contributed by atoms with Gasteiger partial charge >= 0.3 is 11.9 Å². The molecule has 0 heterocycles. The van der Waals surface area contributed by atoms with Crippen LogP contribution in [0.1, 0.15) is 19.8 Å². The van der Waals surface area contributed by atoms with Gasteiger partial charge in [-0.1, -0.05) is 13.3 Å². The van der Waals surface area contributed by atoms with Crippen LogP contribution in [-0.2, 0) is 9.59 Å². The molecule has 5 heteroatoms. The summed E-state index contributed by atoms with van der Waals surface area (Å²) in [6.45, 7) is 2.03. The van der Waals surface area contributed by atoms with Gasteiger partial charge < -0.3 is 10.2 Å². The molecular formula is C8H14O4S. The van der Waals surface area contributed by atoms with Gasteiger partial charge in [0.2, 0.25) is 0 Å². The van der Waals surface area contributed by atoms with Crippen molar-refractivity contribution in [2.24, 2.45) is 5.92 Å². The third-order valence-corrected chi connectivity index (χ3v) is 2.67. The molecule has 0 bridgehead atoms. The second-order valence-corrected chi connectivity index (χ2v) is 3.81. The summed E-state index contributed by atoms with van der Waals surface area (Å²) in [5.41, 5.74) is 0. The van der Waals surface area contributed by atoms with E-state index in [1.807, 2.05) is 6.92 Å². The fraction of sp³-hybridized carbons (Fsp3) is 0.750. The van der Waals surface area contributed by atoms with E-state index >= 15 is 0 Å². The van der Waals surface area contributed by atoms with Gasteiger partial charge in [-0.3, -0.25) is 9.59 Å². The van der Waals surface area contributed by atoms with E-state index in [1.54, 1.807) is 0 Å². The molecule has 0 radical (unpaired) electrons. The van der Waals surface area contributed by atoms with Crippen molar-refractivity contribution >= 4 is 23.7 Å². The minimum Gasteiger partial charge on any atom is -0.481 e. The summed E-state index contributed by atoms with van der Waals surface area (Å²) in [5.74, 6) is -2.78. The third-order valence-electron chi connectivity index (χ3n) is 1.52. The lowest BCUT2D eigenvalue weighted by atomic mass is 10.2. The minimum atomic E-state index is -1.26. The summed E-state index contributed by atoms with van der Waals surface area (Å²) in [6, 6.07) is 0. The standard InChI is InChI=1S/C8H14O4S/c1-2-3-4-13-5-6(7(9)10)8(11)12/h6H,2-5H2,1H3,(H,9,10)(H,11,12). The molecule has 0 atom stereocenters. The summed E-state index contributed by atoms with van der Waals surface area (Å²) in [4.78, 5) is 20.8. The lowest BCUT2D eigenvalue weighted by Gasteiger charge is -2.05. The second kappa shape index (κ2) is 6.77. The van der Waals surface area contributed by atoms with Crippen molar-refractivity contribution < 1.29 is 19.8 Å². The highest BCUT2D eigenvalue weighted by Crippen LogP contribution is 2.11. The van der Waals surface area contributed by atoms with E-state index < -0.39 is 17.9 Å². The number of carbonyl (C=O) groups is 2. The largest absolute Gasteiger partial charge is 0.481 e. The zero-order chi connectivity index (χ0) is 10.3. The summed E-state index contributed by atoms with van der Waals surface area (Å²) < 4.78 is 0. The minimum absolute atomic E-state index is 0.157. The predicted octanol–water partition coefficient (Wildman–Crippen LogP) is 1.31. The van der Waals surface area contributed by atoms with E-state index in [4.69, 9.17) is 10.2 Å². The molecule has 0 aromatic carbocycles. The first-order valence-corrected chi connectivity index (χ1v) is 5.28. The molecule has 4 nitrogen and oxygen atoms in total. The highest BCUT2D eigenvalue weighted by molar-refractivity contribution is 7.99. The molecule has 76 valence electrons. The van der Waals surface area contributed by atoms with Crippen molar-refractivity contribution in [2.75, 3.05) is 11.5 Å². The molecule has 0 aliphatic rings. The smallest absolute Gasteiger partial charge is 0.318 e. The van der Waals surface area contributed by atoms with Crippen LogP contribution in [0.3, 0.4) is 0 Å². The van der Waals surface area contributed by atoms with Crippen molar-refractivity contribution in [1.29, 1.82) is 0 Å². The van der Waals surface area contributed by atoms with Crippen molar-refractivity contribution in [3.05, 3.63) is 0 Å². The Morgan fingerprint density at radius 1 is 1.31 bits per heavy atom. The number of thioether (sulfide) groups is 1. The Bertz CT molecular complexity index is 167. The zero-order valence-electron chi connectivity index (χ0n) is 7.52. The quantitative estimate of drug-likeness (QED) is 0.485. The van der Waals surface area contributed by atoms with E-state index in [0.717, 1.165) is 18.6 Å². The van der Waals surface area contributed by atoms with Crippen molar-refractivity contribution in [1.82, 2.24) is 0 Å². The van der Waals surface area contributed by atoms with Gasteiger partial charge in [0.15, 0.2) is 5.92 Å². The summed E-state index contributed by atoms with van der Waals surface area (Å²) >= 11 is 1.38. The molecular weight excluding hydrogens is 192 g/mol. The Morgan fingerprint density at radius 3 is 2.23 bits per heavy atom. The second-order valence-electron chi connectivity index (χ2n) is 2.66. The van der Waals surface area contributed by atoms with E-state index in [0.29, 0.717) is 0 Å². The number of rotatable bonds is 7. The number of carboxylic acids is 2. The topological polar surface area (TPSA) is 74.6 Å². The van der Waals surface area contributed by atoms with Crippen LogP contribution in [-0.4, -0.2) is 33.7 Å². The van der Waals surface area contributed by atoms with Gasteiger partial charge in [-0.05, 0) is 12.2 Å². The number of carboxylic acid groups (broad SMARTS) is 2. The van der Waals surface area contributed by atoms with Gasteiger partial charge in [-0.2, -0.15) is 11.8 Å². The Balaban J connectivity index is 3.71. The lowest BCUT2D eigenvalue weighted by Crippen LogP contribution is -2.25. The molecule has 0 saturated carbocycles. The zero-order valence-corrected chi connectivity index (χ0v) is 8.34. The fourth-order valence-corrected chi connectivity index (χ4v) is 1.88. The normalized spacial score (nSPS) is 10.3. The first-order valence-electron chi connectivity index (χ1n) is 4.13. The average Bonchev–Trinajstić information content (AvgIpc) is 2.02. The van der Waals surface area contributed by atoms with Gasteiger partial charge in [0, 0.05) is 5.75 Å². The SMILES string of the molecule is CCCCSCC(C(=O)O)C(=O)O. The first kappa shape index (κ1) is 12.3. The Morgan fingerprint density at radius 2 is 1.85 bits per heavy atom. The van der Waals surface area contributed by atoms with Crippen LogP contribution < -0.4 is 0 Å². The molecule has 0 spiro atoms. The van der Waals surface area contributed by atoms with Gasteiger partial charge in [0.1, 0.15) is 0 Å². The van der Waals surface area contributed by atoms with Crippen LogP contribution in [0.25, 0.3) is 0 Å². The number of hydrogen-bond acceptors (Lipinski definition) is 3. The monoisotopic (exact) mass is 206 g/mol. The Kier molecular flexibility index (Phi) is 6.40. The predicted molar refractivity (Wildman–Crippen MR) is 51.0 cm³/mol. The van der Waals surface area contributed by atoms with Crippen molar-refractivity contribution in [2.45, 2.75) is 19.8 Å². The molecule has 0 amide bonds. The van der Waals surface area contributed by atoms with Crippen LogP contribution in [0.5, 0.6) is 0 Å². The maximum atomic E-state index is 10.4.